The summed E-state index contributed by atoms with van der Waals surface area (Å²) in [5.41, 5.74) is 3.60. The predicted octanol–water partition coefficient (Wildman–Crippen LogP) is 5.13. The Morgan fingerprint density at radius 2 is 1.84 bits per heavy atom. The Hall–Kier alpha value is -3.06. The second-order valence-corrected chi connectivity index (χ2v) is 6.07. The molecule has 0 unspecified atom stereocenters. The minimum absolute atomic E-state index is 0.290. The van der Waals surface area contributed by atoms with Crippen LogP contribution in [0.2, 0.25) is 0 Å². The number of aryl methyl sites for hydroxylation is 1. The summed E-state index contributed by atoms with van der Waals surface area (Å²) in [6.45, 7) is 4.88. The molecule has 4 heteroatoms. The topological polar surface area (TPSA) is 61.9 Å². The molecule has 0 amide bonds. The van der Waals surface area contributed by atoms with E-state index in [4.69, 9.17) is 4.42 Å². The van der Waals surface area contributed by atoms with Gasteiger partial charge in [-0.1, -0.05) is 55.0 Å². The van der Waals surface area contributed by atoms with Crippen LogP contribution in [0.4, 0.5) is 5.88 Å². The molecule has 0 aliphatic rings. The van der Waals surface area contributed by atoms with E-state index in [1.165, 1.54) is 11.1 Å². The summed E-state index contributed by atoms with van der Waals surface area (Å²) in [7, 11) is 0. The summed E-state index contributed by atoms with van der Waals surface area (Å²) < 4.78 is 5.82. The van der Waals surface area contributed by atoms with E-state index in [1.54, 1.807) is 0 Å². The molecular weight excluding hydrogens is 310 g/mol. The molecule has 0 aliphatic carbocycles. The molecule has 0 saturated carbocycles. The van der Waals surface area contributed by atoms with Crippen molar-refractivity contribution >= 4 is 5.88 Å². The van der Waals surface area contributed by atoms with Crippen molar-refractivity contribution in [2.24, 2.45) is 0 Å². The van der Waals surface area contributed by atoms with Crippen LogP contribution in [-0.4, -0.2) is 11.5 Å². The fourth-order valence-electron chi connectivity index (χ4n) is 2.77. The molecule has 126 valence electrons. The van der Waals surface area contributed by atoms with Crippen LogP contribution < -0.4 is 5.32 Å². The van der Waals surface area contributed by atoms with E-state index in [2.05, 4.69) is 35.4 Å². The first kappa shape index (κ1) is 16.8. The summed E-state index contributed by atoms with van der Waals surface area (Å²) in [4.78, 5) is 4.31. The molecule has 3 rings (SSSR count). The van der Waals surface area contributed by atoms with Crippen LogP contribution in [0.25, 0.3) is 11.5 Å². The standard InChI is InChI=1S/C21H21N3O/c1-3-16(17-7-5-4-6-8-17)14-23-21-19(13-22)24-20(25-21)18-11-9-15(2)10-12-18/h4-12,16,23H,3,14H2,1-2H3/t16-/m1/s1. The van der Waals surface area contributed by atoms with E-state index in [1.807, 2.05) is 49.4 Å². The summed E-state index contributed by atoms with van der Waals surface area (Å²) >= 11 is 0. The first-order chi connectivity index (χ1) is 12.2. The number of nitriles is 1. The van der Waals surface area contributed by atoms with Crippen LogP contribution in [-0.2, 0) is 0 Å². The predicted molar refractivity (Wildman–Crippen MR) is 99.4 cm³/mol. The summed E-state index contributed by atoms with van der Waals surface area (Å²) in [5.74, 6) is 1.25. The van der Waals surface area contributed by atoms with Crippen LogP contribution in [0.15, 0.2) is 59.0 Å². The van der Waals surface area contributed by atoms with E-state index >= 15 is 0 Å². The number of rotatable bonds is 6. The fraction of sp³-hybridized carbons (Fsp3) is 0.238. The van der Waals surface area contributed by atoms with E-state index < -0.39 is 0 Å². The number of nitrogens with one attached hydrogen (secondary N) is 1. The molecule has 2 aromatic carbocycles. The van der Waals surface area contributed by atoms with Gasteiger partial charge in [-0.15, -0.1) is 0 Å². The third kappa shape index (κ3) is 3.89. The third-order valence-electron chi connectivity index (χ3n) is 4.30. The van der Waals surface area contributed by atoms with Crippen molar-refractivity contribution in [2.45, 2.75) is 26.2 Å². The Balaban J connectivity index is 1.78. The molecule has 1 heterocycles. The largest absolute Gasteiger partial charge is 0.419 e. The highest BCUT2D eigenvalue weighted by Gasteiger charge is 2.16. The SMILES string of the molecule is CC[C@H](CNc1oc(-c2ccc(C)cc2)nc1C#N)c1ccccc1. The van der Waals surface area contributed by atoms with Crippen molar-refractivity contribution in [3.8, 4) is 17.5 Å². The van der Waals surface area contributed by atoms with Crippen molar-refractivity contribution in [2.75, 3.05) is 11.9 Å². The van der Waals surface area contributed by atoms with Crippen molar-refractivity contribution < 1.29 is 4.42 Å². The average Bonchev–Trinajstić information content (AvgIpc) is 3.07. The van der Waals surface area contributed by atoms with Gasteiger partial charge in [0.15, 0.2) is 0 Å². The Bertz CT molecular complexity index is 860. The van der Waals surface area contributed by atoms with Gasteiger partial charge in [0.05, 0.1) is 0 Å². The van der Waals surface area contributed by atoms with Gasteiger partial charge in [-0.2, -0.15) is 10.2 Å². The van der Waals surface area contributed by atoms with Crippen molar-refractivity contribution in [3.63, 3.8) is 0 Å². The van der Waals surface area contributed by atoms with Gasteiger partial charge in [-0.3, -0.25) is 0 Å². The van der Waals surface area contributed by atoms with Crippen LogP contribution >= 0.6 is 0 Å². The second kappa shape index (κ2) is 7.67. The number of hydrogen-bond acceptors (Lipinski definition) is 4. The molecule has 0 saturated heterocycles. The van der Waals surface area contributed by atoms with Gasteiger partial charge in [-0.05, 0) is 31.0 Å². The number of nitrogens with zero attached hydrogens (tertiary/aromatic N) is 2. The molecule has 1 N–H and O–H groups in total. The monoisotopic (exact) mass is 331 g/mol. The number of benzene rings is 2. The first-order valence-corrected chi connectivity index (χ1v) is 8.48. The van der Waals surface area contributed by atoms with E-state index in [0.717, 1.165) is 12.0 Å². The van der Waals surface area contributed by atoms with E-state index in [0.29, 0.717) is 29.9 Å². The van der Waals surface area contributed by atoms with Crippen LogP contribution in [0.5, 0.6) is 0 Å². The molecular formula is C21H21N3O. The van der Waals surface area contributed by atoms with Gasteiger partial charge in [-0.25, -0.2) is 0 Å². The van der Waals surface area contributed by atoms with E-state index in [9.17, 15) is 5.26 Å². The molecule has 4 nitrogen and oxygen atoms in total. The van der Waals surface area contributed by atoms with Crippen LogP contribution in [0.3, 0.4) is 0 Å². The van der Waals surface area contributed by atoms with Gasteiger partial charge < -0.3 is 9.73 Å². The zero-order valence-corrected chi connectivity index (χ0v) is 14.5. The third-order valence-corrected chi connectivity index (χ3v) is 4.30. The van der Waals surface area contributed by atoms with Gasteiger partial charge in [0, 0.05) is 18.0 Å². The first-order valence-electron chi connectivity index (χ1n) is 8.48. The Morgan fingerprint density at radius 1 is 1.12 bits per heavy atom. The molecule has 0 fully saturated rings. The number of aromatic nitrogens is 1. The van der Waals surface area contributed by atoms with Crippen molar-refractivity contribution in [3.05, 3.63) is 71.4 Å². The lowest BCUT2D eigenvalue weighted by atomic mass is 9.96. The quantitative estimate of drug-likeness (QED) is 0.680. The maximum atomic E-state index is 9.35. The number of oxazole rings is 1. The lowest BCUT2D eigenvalue weighted by Crippen LogP contribution is -2.12. The van der Waals surface area contributed by atoms with Crippen LogP contribution in [0.1, 0.15) is 36.1 Å². The minimum Gasteiger partial charge on any atom is -0.419 e. The Morgan fingerprint density at radius 3 is 2.48 bits per heavy atom. The summed E-state index contributed by atoms with van der Waals surface area (Å²) in [5, 5.41) is 12.6. The zero-order valence-electron chi connectivity index (χ0n) is 14.5. The van der Waals surface area contributed by atoms with Gasteiger partial charge in [0.1, 0.15) is 6.07 Å². The van der Waals surface area contributed by atoms with E-state index in [-0.39, 0.29) is 0 Å². The van der Waals surface area contributed by atoms with Gasteiger partial charge >= 0.3 is 0 Å². The highest BCUT2D eigenvalue weighted by Crippen LogP contribution is 2.27. The maximum absolute atomic E-state index is 9.35. The molecule has 0 spiro atoms. The zero-order chi connectivity index (χ0) is 17.6. The molecule has 1 aromatic heterocycles. The molecule has 3 aromatic rings. The smallest absolute Gasteiger partial charge is 0.232 e. The summed E-state index contributed by atoms with van der Waals surface area (Å²) in [6.07, 6.45) is 0.998. The number of hydrogen-bond donors (Lipinski definition) is 1. The Kier molecular flexibility index (Phi) is 5.15. The van der Waals surface area contributed by atoms with Gasteiger partial charge in [0.2, 0.25) is 17.5 Å². The minimum atomic E-state index is 0.290. The molecule has 0 aliphatic heterocycles. The van der Waals surface area contributed by atoms with Crippen molar-refractivity contribution in [1.82, 2.24) is 4.98 Å². The van der Waals surface area contributed by atoms with Crippen molar-refractivity contribution in [1.29, 1.82) is 5.26 Å². The lowest BCUT2D eigenvalue weighted by molar-refractivity contribution is 0.577. The summed E-state index contributed by atoms with van der Waals surface area (Å²) in [6, 6.07) is 20.4. The highest BCUT2D eigenvalue weighted by molar-refractivity contribution is 5.59. The maximum Gasteiger partial charge on any atom is 0.232 e. The average molecular weight is 331 g/mol. The second-order valence-electron chi connectivity index (χ2n) is 6.07. The Labute approximate surface area is 148 Å². The molecule has 0 radical (unpaired) electrons. The molecule has 1 atom stereocenters. The van der Waals surface area contributed by atoms with Crippen LogP contribution in [0, 0.1) is 18.3 Å². The molecule has 0 bridgehead atoms. The molecule has 25 heavy (non-hydrogen) atoms. The van der Waals surface area contributed by atoms with Gasteiger partial charge in [0.25, 0.3) is 0 Å². The fourth-order valence-corrected chi connectivity index (χ4v) is 2.77. The normalized spacial score (nSPS) is 11.7. The highest BCUT2D eigenvalue weighted by atomic mass is 16.4. The number of anilines is 1. The lowest BCUT2D eigenvalue weighted by Gasteiger charge is -2.15.